The summed E-state index contributed by atoms with van der Waals surface area (Å²) >= 11 is 1.71. The summed E-state index contributed by atoms with van der Waals surface area (Å²) < 4.78 is 41.0. The Morgan fingerprint density at radius 2 is 2.00 bits per heavy atom. The fourth-order valence-corrected chi connectivity index (χ4v) is 3.03. The number of aliphatic imine (C=N–C) groups is 1. The highest BCUT2D eigenvalue weighted by atomic mass is 32.1. The molecule has 0 radical (unpaired) electrons. The summed E-state index contributed by atoms with van der Waals surface area (Å²) in [7, 11) is 0. The van der Waals surface area contributed by atoms with Crippen LogP contribution in [-0.4, -0.2) is 41.8 Å². The van der Waals surface area contributed by atoms with Crippen LogP contribution in [0.3, 0.4) is 0 Å². The van der Waals surface area contributed by atoms with E-state index in [0.29, 0.717) is 25.6 Å². The van der Waals surface area contributed by atoms with Gasteiger partial charge >= 0.3 is 6.18 Å². The van der Waals surface area contributed by atoms with Crippen molar-refractivity contribution in [2.45, 2.75) is 39.4 Å². The van der Waals surface area contributed by atoms with Gasteiger partial charge < -0.3 is 15.4 Å². The summed E-state index contributed by atoms with van der Waals surface area (Å²) in [6.45, 7) is 4.48. The predicted molar refractivity (Wildman–Crippen MR) is 104 cm³/mol. The molecule has 6 nitrogen and oxygen atoms in total. The van der Waals surface area contributed by atoms with Crippen molar-refractivity contribution in [2.24, 2.45) is 4.99 Å². The van der Waals surface area contributed by atoms with Crippen molar-refractivity contribution in [1.82, 2.24) is 20.6 Å². The summed E-state index contributed by atoms with van der Waals surface area (Å²) in [5.74, 6) is 0.595. The van der Waals surface area contributed by atoms with E-state index >= 15 is 0 Å². The van der Waals surface area contributed by atoms with Crippen LogP contribution >= 0.6 is 11.3 Å². The average Bonchev–Trinajstić information content (AvgIpc) is 3.13. The lowest BCUT2D eigenvalue weighted by Gasteiger charge is -2.11. The maximum atomic E-state index is 12.1. The molecule has 0 saturated heterocycles. The lowest BCUT2D eigenvalue weighted by atomic mass is 10.3. The number of thiazole rings is 1. The standard InChI is InChI=1S/C18H24F3N5OS/c1-3-14-11-25-16(28-14)7-8-23-17(22-4-2)26-10-13-5-6-15(24-9-13)27-12-18(19,20)21/h5-6,9,11H,3-4,7-8,10,12H2,1-2H3,(H2,22,23,26). The number of aryl methyl sites for hydroxylation is 1. The maximum Gasteiger partial charge on any atom is 0.422 e. The molecule has 0 atom stereocenters. The molecule has 2 heterocycles. The minimum atomic E-state index is -4.38. The molecule has 28 heavy (non-hydrogen) atoms. The first-order valence-corrected chi connectivity index (χ1v) is 9.81. The molecule has 2 aromatic heterocycles. The number of nitrogens with one attached hydrogen (secondary N) is 2. The Morgan fingerprint density at radius 3 is 2.61 bits per heavy atom. The normalized spacial score (nSPS) is 12.1. The van der Waals surface area contributed by atoms with Gasteiger partial charge in [-0.25, -0.2) is 15.0 Å². The third-order valence-corrected chi connectivity index (χ3v) is 4.73. The van der Waals surface area contributed by atoms with Crippen LogP contribution in [0.1, 0.15) is 29.3 Å². The molecule has 0 fully saturated rings. The van der Waals surface area contributed by atoms with Crippen LogP contribution in [0.15, 0.2) is 29.5 Å². The number of aromatic nitrogens is 2. The van der Waals surface area contributed by atoms with Gasteiger partial charge in [0, 0.05) is 42.8 Å². The van der Waals surface area contributed by atoms with Gasteiger partial charge in [-0.05, 0) is 18.9 Å². The van der Waals surface area contributed by atoms with E-state index in [1.807, 2.05) is 13.1 Å². The number of hydrogen-bond acceptors (Lipinski definition) is 5. The van der Waals surface area contributed by atoms with Crippen molar-refractivity contribution in [1.29, 1.82) is 0 Å². The minimum Gasteiger partial charge on any atom is -0.468 e. The van der Waals surface area contributed by atoms with Gasteiger partial charge in [0.2, 0.25) is 5.88 Å². The molecule has 0 bridgehead atoms. The molecule has 0 spiro atoms. The van der Waals surface area contributed by atoms with Crippen LogP contribution in [0.2, 0.25) is 0 Å². The Labute approximate surface area is 166 Å². The highest BCUT2D eigenvalue weighted by molar-refractivity contribution is 7.11. The second-order valence-electron chi connectivity index (χ2n) is 5.85. The first-order chi connectivity index (χ1) is 13.4. The molecule has 0 aliphatic carbocycles. The Morgan fingerprint density at radius 1 is 1.18 bits per heavy atom. The van der Waals surface area contributed by atoms with Gasteiger partial charge in [0.15, 0.2) is 12.6 Å². The molecule has 0 unspecified atom stereocenters. The van der Waals surface area contributed by atoms with E-state index in [0.717, 1.165) is 23.4 Å². The summed E-state index contributed by atoms with van der Waals surface area (Å²) in [5, 5.41) is 7.49. The van der Waals surface area contributed by atoms with E-state index in [1.54, 1.807) is 17.4 Å². The van der Waals surface area contributed by atoms with E-state index in [-0.39, 0.29) is 5.88 Å². The molecule has 0 aliphatic rings. The number of alkyl halides is 3. The smallest absolute Gasteiger partial charge is 0.422 e. The monoisotopic (exact) mass is 415 g/mol. The lowest BCUT2D eigenvalue weighted by Crippen LogP contribution is -2.38. The summed E-state index contributed by atoms with van der Waals surface area (Å²) in [4.78, 5) is 14.0. The first-order valence-electron chi connectivity index (χ1n) is 9.00. The van der Waals surface area contributed by atoms with Gasteiger partial charge in [-0.2, -0.15) is 13.2 Å². The van der Waals surface area contributed by atoms with Gasteiger partial charge in [-0.3, -0.25) is 0 Å². The molecule has 154 valence electrons. The third kappa shape index (κ3) is 8.12. The van der Waals surface area contributed by atoms with Crippen molar-refractivity contribution >= 4 is 17.3 Å². The third-order valence-electron chi connectivity index (χ3n) is 3.53. The Balaban J connectivity index is 1.83. The second kappa shape index (κ2) is 10.8. The molecular weight excluding hydrogens is 391 g/mol. The zero-order chi connectivity index (χ0) is 20.4. The van der Waals surface area contributed by atoms with E-state index in [2.05, 4.69) is 37.3 Å². The Hall–Kier alpha value is -2.36. The fourth-order valence-electron chi connectivity index (χ4n) is 2.17. The zero-order valence-electron chi connectivity index (χ0n) is 15.8. The van der Waals surface area contributed by atoms with Crippen LogP contribution in [0.4, 0.5) is 13.2 Å². The number of halogens is 3. The van der Waals surface area contributed by atoms with E-state index < -0.39 is 12.8 Å². The SMILES string of the molecule is CCNC(=NCc1ccc(OCC(F)(F)F)nc1)NCCc1ncc(CC)s1. The predicted octanol–water partition coefficient (Wildman–Crippen LogP) is 3.34. The molecule has 2 N–H and O–H groups in total. The molecule has 10 heteroatoms. The minimum absolute atomic E-state index is 0.0648. The summed E-state index contributed by atoms with van der Waals surface area (Å²) in [6.07, 6.45) is 0.786. The highest BCUT2D eigenvalue weighted by Crippen LogP contribution is 2.17. The zero-order valence-corrected chi connectivity index (χ0v) is 16.7. The van der Waals surface area contributed by atoms with Gasteiger partial charge in [-0.1, -0.05) is 13.0 Å². The number of hydrogen-bond donors (Lipinski definition) is 2. The van der Waals surface area contributed by atoms with E-state index in [4.69, 9.17) is 0 Å². The van der Waals surface area contributed by atoms with Crippen LogP contribution in [0, 0.1) is 0 Å². The topological polar surface area (TPSA) is 71.4 Å². The number of pyridine rings is 1. The number of ether oxygens (including phenoxy) is 1. The molecule has 0 amide bonds. The molecule has 0 aliphatic heterocycles. The second-order valence-corrected chi connectivity index (χ2v) is 7.05. The Bertz CT molecular complexity index is 746. The van der Waals surface area contributed by atoms with Gasteiger partial charge in [-0.15, -0.1) is 11.3 Å². The summed E-state index contributed by atoms with van der Waals surface area (Å²) in [5.41, 5.74) is 0.768. The first kappa shape index (κ1) is 21.9. The van der Waals surface area contributed by atoms with Crippen molar-refractivity contribution in [3.8, 4) is 5.88 Å². The molecule has 2 rings (SSSR count). The highest BCUT2D eigenvalue weighted by Gasteiger charge is 2.28. The van der Waals surface area contributed by atoms with Crippen molar-refractivity contribution in [2.75, 3.05) is 19.7 Å². The van der Waals surface area contributed by atoms with Crippen LogP contribution < -0.4 is 15.4 Å². The van der Waals surface area contributed by atoms with E-state index in [1.165, 1.54) is 17.1 Å². The van der Waals surface area contributed by atoms with Crippen molar-refractivity contribution in [3.63, 3.8) is 0 Å². The number of guanidine groups is 1. The van der Waals surface area contributed by atoms with Crippen LogP contribution in [-0.2, 0) is 19.4 Å². The number of rotatable bonds is 9. The quantitative estimate of drug-likeness (QED) is 0.486. The molecule has 0 aromatic carbocycles. The molecular formula is C18H24F3N5OS. The maximum absolute atomic E-state index is 12.1. The van der Waals surface area contributed by atoms with Crippen molar-refractivity contribution < 1.29 is 17.9 Å². The van der Waals surface area contributed by atoms with Crippen LogP contribution in [0.25, 0.3) is 0 Å². The average molecular weight is 415 g/mol. The van der Waals surface area contributed by atoms with Crippen LogP contribution in [0.5, 0.6) is 5.88 Å². The Kier molecular flexibility index (Phi) is 8.49. The number of nitrogens with zero attached hydrogens (tertiary/aromatic N) is 3. The summed E-state index contributed by atoms with van der Waals surface area (Å²) in [6, 6.07) is 3.05. The molecule has 0 saturated carbocycles. The van der Waals surface area contributed by atoms with Gasteiger partial charge in [0.05, 0.1) is 11.6 Å². The molecule has 2 aromatic rings. The lowest BCUT2D eigenvalue weighted by molar-refractivity contribution is -0.154. The fraction of sp³-hybridized carbons (Fsp3) is 0.500. The largest absolute Gasteiger partial charge is 0.468 e. The van der Waals surface area contributed by atoms with Crippen molar-refractivity contribution in [3.05, 3.63) is 40.0 Å². The van der Waals surface area contributed by atoms with E-state index in [9.17, 15) is 13.2 Å². The van der Waals surface area contributed by atoms with Gasteiger partial charge in [0.1, 0.15) is 0 Å². The van der Waals surface area contributed by atoms with Gasteiger partial charge in [0.25, 0.3) is 0 Å².